The molecule has 0 atom stereocenters. The van der Waals surface area contributed by atoms with Gasteiger partial charge in [-0.3, -0.25) is 9.63 Å². The molecule has 1 amide bonds. The van der Waals surface area contributed by atoms with E-state index in [4.69, 9.17) is 14.3 Å². The summed E-state index contributed by atoms with van der Waals surface area (Å²) in [7, 11) is 6.13. The van der Waals surface area contributed by atoms with Crippen molar-refractivity contribution >= 4 is 17.2 Å². The van der Waals surface area contributed by atoms with Crippen molar-refractivity contribution in [3.63, 3.8) is 0 Å². The number of methoxy groups -OCH3 is 2. The number of aromatic nitrogens is 1. The topological polar surface area (TPSA) is 60.9 Å². The lowest BCUT2D eigenvalue weighted by Gasteiger charge is -2.11. The number of rotatable bonds is 5. The van der Waals surface area contributed by atoms with Crippen LogP contribution in [0, 0.1) is 0 Å². The van der Waals surface area contributed by atoms with E-state index in [1.165, 1.54) is 25.5 Å². The number of carbonyl (C=O) groups excluding carboxylic acids is 1. The molecule has 2 aromatic rings. The van der Waals surface area contributed by atoms with Gasteiger partial charge in [0.2, 0.25) is 0 Å². The molecule has 0 spiro atoms. The first kappa shape index (κ1) is 15.3. The highest BCUT2D eigenvalue weighted by molar-refractivity contribution is 7.13. The molecule has 0 unspecified atom stereocenters. The van der Waals surface area contributed by atoms with Gasteiger partial charge in [-0.15, -0.1) is 11.3 Å². The molecule has 1 aromatic heterocycles. The van der Waals surface area contributed by atoms with Crippen molar-refractivity contribution in [2.24, 2.45) is 0 Å². The van der Waals surface area contributed by atoms with Crippen LogP contribution in [-0.4, -0.2) is 44.3 Å². The van der Waals surface area contributed by atoms with Gasteiger partial charge in [0, 0.05) is 18.0 Å². The molecule has 0 saturated carbocycles. The molecule has 0 fully saturated rings. The summed E-state index contributed by atoms with van der Waals surface area (Å²) in [6.45, 7) is 0. The van der Waals surface area contributed by atoms with Gasteiger partial charge in [0.25, 0.3) is 5.91 Å². The average molecular weight is 308 g/mol. The van der Waals surface area contributed by atoms with Crippen LogP contribution in [0.25, 0.3) is 10.6 Å². The Kier molecular flexibility index (Phi) is 4.77. The molecule has 0 radical (unpaired) electrons. The van der Waals surface area contributed by atoms with Gasteiger partial charge in [0.15, 0.2) is 11.5 Å². The van der Waals surface area contributed by atoms with Gasteiger partial charge >= 0.3 is 0 Å². The Labute approximate surface area is 126 Å². The second-order valence-corrected chi connectivity index (χ2v) is 4.95. The van der Waals surface area contributed by atoms with Gasteiger partial charge in [-0.05, 0) is 18.2 Å². The third kappa shape index (κ3) is 3.14. The minimum Gasteiger partial charge on any atom is -0.493 e. The standard InChI is InChI=1S/C14H16N2O4S/c1-16(20-4)14(17)10-8-21-13(15-10)9-5-6-11(18-2)12(7-9)19-3/h5-8H,1-4H3. The molecule has 0 saturated heterocycles. The van der Waals surface area contributed by atoms with Crippen LogP contribution in [0.5, 0.6) is 11.5 Å². The van der Waals surface area contributed by atoms with Crippen LogP contribution in [0.2, 0.25) is 0 Å². The van der Waals surface area contributed by atoms with Crippen molar-refractivity contribution in [3.05, 3.63) is 29.3 Å². The smallest absolute Gasteiger partial charge is 0.296 e. The summed E-state index contributed by atoms with van der Waals surface area (Å²) < 4.78 is 10.5. The number of thiazole rings is 1. The Bertz CT molecular complexity index is 642. The molecule has 1 heterocycles. The summed E-state index contributed by atoms with van der Waals surface area (Å²) in [5, 5.41) is 3.56. The van der Waals surface area contributed by atoms with Crippen LogP contribution < -0.4 is 9.47 Å². The van der Waals surface area contributed by atoms with E-state index in [0.717, 1.165) is 15.6 Å². The third-order valence-electron chi connectivity index (χ3n) is 2.91. The van der Waals surface area contributed by atoms with Crippen LogP contribution in [0.1, 0.15) is 10.5 Å². The van der Waals surface area contributed by atoms with Crippen LogP contribution in [0.15, 0.2) is 23.6 Å². The minimum absolute atomic E-state index is 0.291. The minimum atomic E-state index is -0.291. The van der Waals surface area contributed by atoms with Gasteiger partial charge in [-0.2, -0.15) is 0 Å². The molecule has 0 N–H and O–H groups in total. The molecule has 0 aliphatic heterocycles. The average Bonchev–Trinajstić information content (AvgIpc) is 3.02. The molecule has 0 aliphatic rings. The predicted octanol–water partition coefficient (Wildman–Crippen LogP) is 2.46. The normalized spacial score (nSPS) is 10.3. The van der Waals surface area contributed by atoms with Gasteiger partial charge in [-0.25, -0.2) is 10.0 Å². The monoisotopic (exact) mass is 308 g/mol. The number of hydroxylamine groups is 2. The summed E-state index contributed by atoms with van der Waals surface area (Å²) in [6, 6.07) is 5.50. The molecule has 0 bridgehead atoms. The Morgan fingerprint density at radius 1 is 1.19 bits per heavy atom. The molecular weight excluding hydrogens is 292 g/mol. The second kappa shape index (κ2) is 6.55. The lowest BCUT2D eigenvalue weighted by atomic mass is 10.2. The SMILES string of the molecule is COc1ccc(-c2nc(C(=O)N(C)OC)cs2)cc1OC. The predicted molar refractivity (Wildman–Crippen MR) is 79.8 cm³/mol. The highest BCUT2D eigenvalue weighted by atomic mass is 32.1. The van der Waals surface area contributed by atoms with Gasteiger partial charge in [0.05, 0.1) is 21.3 Å². The quantitative estimate of drug-likeness (QED) is 0.794. The molecule has 6 nitrogen and oxygen atoms in total. The lowest BCUT2D eigenvalue weighted by molar-refractivity contribution is -0.0760. The van der Waals surface area contributed by atoms with Crippen molar-refractivity contribution in [3.8, 4) is 22.1 Å². The Balaban J connectivity index is 2.31. The fourth-order valence-electron chi connectivity index (χ4n) is 1.72. The number of hydrogen-bond acceptors (Lipinski definition) is 6. The van der Waals surface area contributed by atoms with E-state index in [2.05, 4.69) is 4.98 Å². The van der Waals surface area contributed by atoms with Crippen LogP contribution in [0.3, 0.4) is 0 Å². The van der Waals surface area contributed by atoms with Crippen molar-refractivity contribution in [1.29, 1.82) is 0 Å². The van der Waals surface area contributed by atoms with E-state index in [1.54, 1.807) is 25.7 Å². The van der Waals surface area contributed by atoms with Crippen LogP contribution >= 0.6 is 11.3 Å². The number of nitrogens with zero attached hydrogens (tertiary/aromatic N) is 2. The maximum absolute atomic E-state index is 11.9. The molecule has 7 heteroatoms. The molecule has 2 rings (SSSR count). The van der Waals surface area contributed by atoms with E-state index < -0.39 is 0 Å². The summed E-state index contributed by atoms with van der Waals surface area (Å²) in [5.41, 5.74) is 1.20. The first-order valence-electron chi connectivity index (χ1n) is 6.10. The van der Waals surface area contributed by atoms with E-state index in [0.29, 0.717) is 17.2 Å². The fourth-order valence-corrected chi connectivity index (χ4v) is 2.51. The number of hydrogen-bond donors (Lipinski definition) is 0. The van der Waals surface area contributed by atoms with E-state index in [1.807, 2.05) is 12.1 Å². The summed E-state index contributed by atoms with van der Waals surface area (Å²) in [4.78, 5) is 21.1. The van der Waals surface area contributed by atoms with E-state index in [9.17, 15) is 4.79 Å². The van der Waals surface area contributed by atoms with Crippen molar-refractivity contribution < 1.29 is 19.1 Å². The van der Waals surface area contributed by atoms with Gasteiger partial charge in [-0.1, -0.05) is 0 Å². The van der Waals surface area contributed by atoms with E-state index >= 15 is 0 Å². The van der Waals surface area contributed by atoms with Gasteiger partial charge in [0.1, 0.15) is 10.7 Å². The molecule has 1 aromatic carbocycles. The number of carbonyl (C=O) groups is 1. The maximum atomic E-state index is 11.9. The Morgan fingerprint density at radius 2 is 1.90 bits per heavy atom. The van der Waals surface area contributed by atoms with Crippen molar-refractivity contribution in [2.45, 2.75) is 0 Å². The largest absolute Gasteiger partial charge is 0.493 e. The first-order valence-corrected chi connectivity index (χ1v) is 6.98. The second-order valence-electron chi connectivity index (χ2n) is 4.09. The van der Waals surface area contributed by atoms with Crippen molar-refractivity contribution in [2.75, 3.05) is 28.4 Å². The summed E-state index contributed by atoms with van der Waals surface area (Å²) >= 11 is 1.38. The lowest BCUT2D eigenvalue weighted by Crippen LogP contribution is -2.25. The number of ether oxygens (including phenoxy) is 2. The zero-order valence-corrected chi connectivity index (χ0v) is 13.1. The highest BCUT2D eigenvalue weighted by Gasteiger charge is 2.16. The zero-order valence-electron chi connectivity index (χ0n) is 12.2. The molecular formula is C14H16N2O4S. The Hall–Kier alpha value is -2.12. The molecule has 112 valence electrons. The highest BCUT2D eigenvalue weighted by Crippen LogP contribution is 2.33. The van der Waals surface area contributed by atoms with Gasteiger partial charge < -0.3 is 9.47 Å². The molecule has 0 aliphatic carbocycles. The molecule has 21 heavy (non-hydrogen) atoms. The van der Waals surface area contributed by atoms with Crippen LogP contribution in [0.4, 0.5) is 0 Å². The number of benzene rings is 1. The first-order chi connectivity index (χ1) is 10.1. The Morgan fingerprint density at radius 3 is 2.52 bits per heavy atom. The van der Waals surface area contributed by atoms with E-state index in [-0.39, 0.29) is 5.91 Å². The summed E-state index contributed by atoms with van der Waals surface area (Å²) in [6.07, 6.45) is 0. The number of amides is 1. The maximum Gasteiger partial charge on any atom is 0.296 e. The zero-order chi connectivity index (χ0) is 15.4. The third-order valence-corrected chi connectivity index (χ3v) is 3.81. The fraction of sp³-hybridized carbons (Fsp3) is 0.286. The van der Waals surface area contributed by atoms with Crippen LogP contribution in [-0.2, 0) is 4.84 Å². The summed E-state index contributed by atoms with van der Waals surface area (Å²) in [5.74, 6) is 0.973. The van der Waals surface area contributed by atoms with Crippen molar-refractivity contribution in [1.82, 2.24) is 10.0 Å².